The highest BCUT2D eigenvalue weighted by molar-refractivity contribution is 5.59. The van der Waals surface area contributed by atoms with Crippen molar-refractivity contribution >= 4 is 0 Å². The van der Waals surface area contributed by atoms with E-state index in [1.807, 2.05) is 6.20 Å². The zero-order chi connectivity index (χ0) is 11.2. The Morgan fingerprint density at radius 3 is 2.81 bits per heavy atom. The van der Waals surface area contributed by atoms with Gasteiger partial charge in [0, 0.05) is 18.0 Å². The molecular weight excluding hydrogens is 196 g/mol. The van der Waals surface area contributed by atoms with Crippen molar-refractivity contribution in [1.82, 2.24) is 9.97 Å². The number of benzene rings is 1. The molecule has 0 amide bonds. The van der Waals surface area contributed by atoms with Crippen LogP contribution in [0.1, 0.15) is 31.7 Å². The summed E-state index contributed by atoms with van der Waals surface area (Å²) in [5, 5.41) is 0. The van der Waals surface area contributed by atoms with Crippen LogP contribution >= 0.6 is 0 Å². The molecule has 1 heterocycles. The largest absolute Gasteiger partial charge is 0.345 e. The third kappa shape index (κ3) is 2.51. The van der Waals surface area contributed by atoms with Gasteiger partial charge in [-0.05, 0) is 18.4 Å². The molecule has 0 aliphatic carbocycles. The van der Waals surface area contributed by atoms with E-state index in [4.69, 9.17) is 0 Å². The highest BCUT2D eigenvalue weighted by atomic mass is 14.9. The average Bonchev–Trinajstić information content (AvgIpc) is 2.83. The molecule has 2 aromatic rings. The van der Waals surface area contributed by atoms with E-state index in [1.165, 1.54) is 30.4 Å². The first-order chi connectivity index (χ1) is 7.92. The predicted molar refractivity (Wildman–Crippen MR) is 67.3 cm³/mol. The van der Waals surface area contributed by atoms with Crippen LogP contribution in [0.2, 0.25) is 0 Å². The Hall–Kier alpha value is -1.57. The van der Waals surface area contributed by atoms with Crippen LogP contribution in [0.4, 0.5) is 0 Å². The van der Waals surface area contributed by atoms with Crippen molar-refractivity contribution in [3.8, 4) is 11.4 Å². The van der Waals surface area contributed by atoms with E-state index in [0.29, 0.717) is 0 Å². The molecule has 2 nitrogen and oxygen atoms in total. The summed E-state index contributed by atoms with van der Waals surface area (Å²) in [4.78, 5) is 7.49. The van der Waals surface area contributed by atoms with Crippen molar-refractivity contribution in [2.75, 3.05) is 0 Å². The Balaban J connectivity index is 2.18. The Morgan fingerprint density at radius 2 is 2.06 bits per heavy atom. The molecule has 2 heteroatoms. The fourth-order valence-corrected chi connectivity index (χ4v) is 1.95. The molecule has 1 N–H and O–H groups in total. The summed E-state index contributed by atoms with van der Waals surface area (Å²) in [6.45, 7) is 2.23. The van der Waals surface area contributed by atoms with Crippen LogP contribution in [0, 0.1) is 0 Å². The summed E-state index contributed by atoms with van der Waals surface area (Å²) >= 11 is 0. The number of hydrogen-bond donors (Lipinski definition) is 1. The molecule has 0 saturated carbocycles. The van der Waals surface area contributed by atoms with Crippen molar-refractivity contribution in [2.24, 2.45) is 0 Å². The average molecular weight is 214 g/mol. The van der Waals surface area contributed by atoms with E-state index in [2.05, 4.69) is 41.2 Å². The van der Waals surface area contributed by atoms with Gasteiger partial charge < -0.3 is 4.98 Å². The van der Waals surface area contributed by atoms with E-state index < -0.39 is 0 Å². The molecule has 2 rings (SSSR count). The lowest BCUT2D eigenvalue weighted by Crippen LogP contribution is -1.91. The zero-order valence-electron chi connectivity index (χ0n) is 9.74. The maximum Gasteiger partial charge on any atom is 0.137 e. The molecule has 84 valence electrons. The normalized spacial score (nSPS) is 10.6. The molecule has 0 saturated heterocycles. The minimum absolute atomic E-state index is 0.979. The fraction of sp³-hybridized carbons (Fsp3) is 0.357. The van der Waals surface area contributed by atoms with Crippen LogP contribution in [-0.4, -0.2) is 9.97 Å². The van der Waals surface area contributed by atoms with Crippen LogP contribution in [-0.2, 0) is 6.42 Å². The van der Waals surface area contributed by atoms with Gasteiger partial charge in [0.25, 0.3) is 0 Å². The van der Waals surface area contributed by atoms with Gasteiger partial charge in [0.2, 0.25) is 0 Å². The summed E-state index contributed by atoms with van der Waals surface area (Å²) in [5.41, 5.74) is 2.63. The second kappa shape index (κ2) is 5.50. The highest BCUT2D eigenvalue weighted by Crippen LogP contribution is 2.21. The molecule has 1 aromatic carbocycles. The first-order valence-corrected chi connectivity index (χ1v) is 5.99. The van der Waals surface area contributed by atoms with E-state index in [0.717, 1.165) is 12.2 Å². The van der Waals surface area contributed by atoms with Gasteiger partial charge >= 0.3 is 0 Å². The summed E-state index contributed by atoms with van der Waals surface area (Å²) in [7, 11) is 0. The van der Waals surface area contributed by atoms with E-state index in [9.17, 15) is 0 Å². The van der Waals surface area contributed by atoms with Crippen LogP contribution in [0.25, 0.3) is 11.4 Å². The van der Waals surface area contributed by atoms with E-state index >= 15 is 0 Å². The Bertz CT molecular complexity index is 418. The van der Waals surface area contributed by atoms with Crippen LogP contribution in [0.15, 0.2) is 36.7 Å². The number of nitrogens with one attached hydrogen (secondary N) is 1. The molecule has 0 bridgehead atoms. The second-order valence-electron chi connectivity index (χ2n) is 4.05. The molecule has 0 radical (unpaired) electrons. The van der Waals surface area contributed by atoms with Crippen molar-refractivity contribution in [2.45, 2.75) is 32.6 Å². The molecular formula is C14H18N2. The smallest absolute Gasteiger partial charge is 0.137 e. The lowest BCUT2D eigenvalue weighted by atomic mass is 10.0. The first-order valence-electron chi connectivity index (χ1n) is 5.99. The monoisotopic (exact) mass is 214 g/mol. The standard InChI is InChI=1S/C14H18N2/c1-2-3-4-7-12-8-5-6-9-13(12)14-15-10-11-16-14/h5-6,8-11H,2-4,7H2,1H3,(H,15,16). The minimum atomic E-state index is 0.979. The maximum atomic E-state index is 4.32. The van der Waals surface area contributed by atoms with Gasteiger partial charge in [0.15, 0.2) is 0 Å². The lowest BCUT2D eigenvalue weighted by molar-refractivity contribution is 0.718. The summed E-state index contributed by atoms with van der Waals surface area (Å²) in [6.07, 6.45) is 8.64. The molecule has 0 atom stereocenters. The fourth-order valence-electron chi connectivity index (χ4n) is 1.95. The van der Waals surface area contributed by atoms with E-state index in [-0.39, 0.29) is 0 Å². The third-order valence-electron chi connectivity index (χ3n) is 2.82. The van der Waals surface area contributed by atoms with Gasteiger partial charge in [0.1, 0.15) is 5.82 Å². The SMILES string of the molecule is CCCCCc1ccccc1-c1ncc[nH]1. The summed E-state index contributed by atoms with van der Waals surface area (Å²) in [5.74, 6) is 0.979. The quantitative estimate of drug-likeness (QED) is 0.753. The van der Waals surface area contributed by atoms with Gasteiger partial charge in [-0.2, -0.15) is 0 Å². The summed E-state index contributed by atoms with van der Waals surface area (Å²) < 4.78 is 0. The van der Waals surface area contributed by atoms with Gasteiger partial charge in [-0.1, -0.05) is 44.0 Å². The molecule has 0 spiro atoms. The van der Waals surface area contributed by atoms with Gasteiger partial charge in [-0.15, -0.1) is 0 Å². The Labute approximate surface area is 96.7 Å². The topological polar surface area (TPSA) is 28.7 Å². The van der Waals surface area contributed by atoms with Gasteiger partial charge in [0.05, 0.1) is 0 Å². The maximum absolute atomic E-state index is 4.32. The molecule has 1 aromatic heterocycles. The number of unbranched alkanes of at least 4 members (excludes halogenated alkanes) is 2. The van der Waals surface area contributed by atoms with Crippen LogP contribution in [0.5, 0.6) is 0 Å². The number of aromatic nitrogens is 2. The number of imidazole rings is 1. The minimum Gasteiger partial charge on any atom is -0.345 e. The lowest BCUT2D eigenvalue weighted by Gasteiger charge is -2.06. The van der Waals surface area contributed by atoms with Gasteiger partial charge in [-0.3, -0.25) is 0 Å². The Kier molecular flexibility index (Phi) is 3.76. The van der Waals surface area contributed by atoms with Crippen LogP contribution < -0.4 is 0 Å². The number of hydrogen-bond acceptors (Lipinski definition) is 1. The predicted octanol–water partition coefficient (Wildman–Crippen LogP) is 3.81. The van der Waals surface area contributed by atoms with Crippen molar-refractivity contribution in [3.05, 3.63) is 42.2 Å². The first kappa shape index (κ1) is 10.9. The number of aryl methyl sites for hydroxylation is 1. The molecule has 0 aliphatic heterocycles. The third-order valence-corrected chi connectivity index (χ3v) is 2.82. The van der Waals surface area contributed by atoms with E-state index in [1.54, 1.807) is 6.20 Å². The van der Waals surface area contributed by atoms with Crippen LogP contribution in [0.3, 0.4) is 0 Å². The number of rotatable bonds is 5. The van der Waals surface area contributed by atoms with Gasteiger partial charge in [-0.25, -0.2) is 4.98 Å². The molecule has 0 unspecified atom stereocenters. The molecule has 16 heavy (non-hydrogen) atoms. The number of H-pyrrole nitrogens is 1. The molecule has 0 fully saturated rings. The van der Waals surface area contributed by atoms with Crippen molar-refractivity contribution in [1.29, 1.82) is 0 Å². The highest BCUT2D eigenvalue weighted by Gasteiger charge is 2.05. The summed E-state index contributed by atoms with van der Waals surface area (Å²) in [6, 6.07) is 8.52. The zero-order valence-corrected chi connectivity index (χ0v) is 9.74. The molecule has 0 aliphatic rings. The second-order valence-corrected chi connectivity index (χ2v) is 4.05. The van der Waals surface area contributed by atoms with Crippen molar-refractivity contribution < 1.29 is 0 Å². The number of nitrogens with zero attached hydrogens (tertiary/aromatic N) is 1. The van der Waals surface area contributed by atoms with Crippen molar-refractivity contribution in [3.63, 3.8) is 0 Å². The Morgan fingerprint density at radius 1 is 1.19 bits per heavy atom. The number of aromatic amines is 1.